The molecule has 2 heterocycles. The lowest BCUT2D eigenvalue weighted by atomic mass is 10.2. The van der Waals surface area contributed by atoms with E-state index in [1.54, 1.807) is 4.90 Å². The SMILES string of the molecule is Cc1csc(NC(=O)CCC(=O)N2CCOCC2)n1. The molecule has 1 aliphatic heterocycles. The van der Waals surface area contributed by atoms with Gasteiger partial charge in [-0.2, -0.15) is 0 Å². The number of rotatable bonds is 4. The maximum atomic E-state index is 11.8. The molecule has 0 aromatic carbocycles. The first-order chi connectivity index (χ1) is 9.15. The normalized spacial score (nSPS) is 15.3. The van der Waals surface area contributed by atoms with Crippen LogP contribution in [0, 0.1) is 6.92 Å². The van der Waals surface area contributed by atoms with Gasteiger partial charge in [0.1, 0.15) is 0 Å². The van der Waals surface area contributed by atoms with Crippen molar-refractivity contribution >= 4 is 28.3 Å². The summed E-state index contributed by atoms with van der Waals surface area (Å²) in [6, 6.07) is 0. The van der Waals surface area contributed by atoms with Crippen molar-refractivity contribution in [2.24, 2.45) is 0 Å². The van der Waals surface area contributed by atoms with E-state index in [4.69, 9.17) is 4.74 Å². The Morgan fingerprint density at radius 3 is 2.79 bits per heavy atom. The first-order valence-electron chi connectivity index (χ1n) is 6.22. The minimum Gasteiger partial charge on any atom is -0.378 e. The van der Waals surface area contributed by atoms with E-state index in [-0.39, 0.29) is 24.7 Å². The minimum absolute atomic E-state index is 0.00812. The second-order valence-electron chi connectivity index (χ2n) is 4.34. The van der Waals surface area contributed by atoms with Gasteiger partial charge < -0.3 is 15.0 Å². The molecule has 1 N–H and O–H groups in total. The third kappa shape index (κ3) is 4.29. The van der Waals surface area contributed by atoms with Gasteiger partial charge in [-0.1, -0.05) is 0 Å². The van der Waals surface area contributed by atoms with Gasteiger partial charge in [0.2, 0.25) is 11.8 Å². The number of nitrogens with one attached hydrogen (secondary N) is 1. The van der Waals surface area contributed by atoms with Crippen LogP contribution in [0.1, 0.15) is 18.5 Å². The Hall–Kier alpha value is -1.47. The number of hydrogen-bond donors (Lipinski definition) is 1. The highest BCUT2D eigenvalue weighted by atomic mass is 32.1. The van der Waals surface area contributed by atoms with Crippen LogP contribution in [-0.4, -0.2) is 48.0 Å². The Labute approximate surface area is 115 Å². The van der Waals surface area contributed by atoms with Crippen LogP contribution in [0.25, 0.3) is 0 Å². The second-order valence-corrected chi connectivity index (χ2v) is 5.19. The van der Waals surface area contributed by atoms with Crippen molar-refractivity contribution in [2.45, 2.75) is 19.8 Å². The largest absolute Gasteiger partial charge is 0.378 e. The van der Waals surface area contributed by atoms with E-state index in [0.29, 0.717) is 31.4 Å². The number of aryl methyl sites for hydroxylation is 1. The molecule has 0 saturated carbocycles. The van der Waals surface area contributed by atoms with Gasteiger partial charge in [0.25, 0.3) is 0 Å². The summed E-state index contributed by atoms with van der Waals surface area (Å²) in [6.45, 7) is 4.26. The van der Waals surface area contributed by atoms with E-state index in [1.165, 1.54) is 11.3 Å². The summed E-state index contributed by atoms with van der Waals surface area (Å²) in [7, 11) is 0. The summed E-state index contributed by atoms with van der Waals surface area (Å²) in [6.07, 6.45) is 0.422. The highest BCUT2D eigenvalue weighted by molar-refractivity contribution is 7.13. The molecular weight excluding hydrogens is 266 g/mol. The summed E-state index contributed by atoms with van der Waals surface area (Å²) in [5.41, 5.74) is 0.879. The molecule has 0 atom stereocenters. The fourth-order valence-corrected chi connectivity index (χ4v) is 2.49. The van der Waals surface area contributed by atoms with Gasteiger partial charge in [-0.15, -0.1) is 11.3 Å². The van der Waals surface area contributed by atoms with Crippen molar-refractivity contribution in [3.8, 4) is 0 Å². The van der Waals surface area contributed by atoms with Crippen LogP contribution in [0.3, 0.4) is 0 Å². The van der Waals surface area contributed by atoms with Crippen LogP contribution in [0.4, 0.5) is 5.13 Å². The van der Waals surface area contributed by atoms with Crippen molar-refractivity contribution in [1.82, 2.24) is 9.88 Å². The topological polar surface area (TPSA) is 71.5 Å². The van der Waals surface area contributed by atoms with Crippen molar-refractivity contribution < 1.29 is 14.3 Å². The van der Waals surface area contributed by atoms with Gasteiger partial charge in [-0.25, -0.2) is 4.98 Å². The summed E-state index contributed by atoms with van der Waals surface area (Å²) in [5.74, 6) is -0.162. The molecule has 0 radical (unpaired) electrons. The molecule has 0 unspecified atom stereocenters. The maximum absolute atomic E-state index is 11.8. The molecule has 1 aromatic heterocycles. The molecule has 0 spiro atoms. The molecule has 104 valence electrons. The number of ether oxygens (including phenoxy) is 1. The average Bonchev–Trinajstić information content (AvgIpc) is 2.82. The van der Waals surface area contributed by atoms with Gasteiger partial charge in [0.15, 0.2) is 5.13 Å². The summed E-state index contributed by atoms with van der Waals surface area (Å²) in [4.78, 5) is 29.4. The lowest BCUT2D eigenvalue weighted by molar-refractivity contribution is -0.136. The molecule has 0 aliphatic carbocycles. The van der Waals surface area contributed by atoms with E-state index in [0.717, 1.165) is 5.69 Å². The predicted molar refractivity (Wildman–Crippen MR) is 72.1 cm³/mol. The number of carbonyl (C=O) groups excluding carboxylic acids is 2. The van der Waals surface area contributed by atoms with Crippen LogP contribution in [0.2, 0.25) is 0 Å². The monoisotopic (exact) mass is 283 g/mol. The Kier molecular flexibility index (Phi) is 4.86. The molecule has 1 aliphatic rings. The molecular formula is C12H17N3O3S. The molecule has 7 heteroatoms. The van der Waals surface area contributed by atoms with Gasteiger partial charge in [0, 0.05) is 31.3 Å². The Bertz CT molecular complexity index is 455. The van der Waals surface area contributed by atoms with Gasteiger partial charge in [-0.05, 0) is 6.92 Å². The lowest BCUT2D eigenvalue weighted by Gasteiger charge is -2.26. The van der Waals surface area contributed by atoms with E-state index in [2.05, 4.69) is 10.3 Å². The molecule has 1 fully saturated rings. The summed E-state index contributed by atoms with van der Waals surface area (Å²) < 4.78 is 5.18. The van der Waals surface area contributed by atoms with Crippen molar-refractivity contribution in [3.63, 3.8) is 0 Å². The average molecular weight is 283 g/mol. The fourth-order valence-electron chi connectivity index (χ4n) is 1.78. The quantitative estimate of drug-likeness (QED) is 0.896. The number of carbonyl (C=O) groups is 2. The number of morpholine rings is 1. The zero-order valence-electron chi connectivity index (χ0n) is 10.8. The highest BCUT2D eigenvalue weighted by Crippen LogP contribution is 2.14. The van der Waals surface area contributed by atoms with Crippen molar-refractivity contribution in [3.05, 3.63) is 11.1 Å². The number of hydrogen-bond acceptors (Lipinski definition) is 5. The lowest BCUT2D eigenvalue weighted by Crippen LogP contribution is -2.40. The van der Waals surface area contributed by atoms with Crippen LogP contribution in [-0.2, 0) is 14.3 Å². The number of aromatic nitrogens is 1. The second kappa shape index (κ2) is 6.63. The van der Waals surface area contributed by atoms with Gasteiger partial charge in [0.05, 0.1) is 18.9 Å². The standard InChI is InChI=1S/C12H17N3O3S/c1-9-8-19-12(13-9)14-10(16)2-3-11(17)15-4-6-18-7-5-15/h8H,2-7H2,1H3,(H,13,14,16). The first-order valence-corrected chi connectivity index (χ1v) is 7.10. The Morgan fingerprint density at radius 1 is 1.42 bits per heavy atom. The maximum Gasteiger partial charge on any atom is 0.226 e. The predicted octanol–water partition coefficient (Wildman–Crippen LogP) is 1.03. The zero-order valence-corrected chi connectivity index (χ0v) is 11.7. The number of amides is 2. The van der Waals surface area contributed by atoms with Gasteiger partial charge >= 0.3 is 0 Å². The molecule has 6 nitrogen and oxygen atoms in total. The molecule has 1 aromatic rings. The Balaban J connectivity index is 1.72. The fraction of sp³-hybridized carbons (Fsp3) is 0.583. The van der Waals surface area contributed by atoms with Crippen LogP contribution in [0.15, 0.2) is 5.38 Å². The van der Waals surface area contributed by atoms with E-state index >= 15 is 0 Å². The molecule has 1 saturated heterocycles. The Morgan fingerprint density at radius 2 is 2.16 bits per heavy atom. The molecule has 0 bridgehead atoms. The third-order valence-corrected chi connectivity index (χ3v) is 3.67. The van der Waals surface area contributed by atoms with E-state index in [1.807, 2.05) is 12.3 Å². The van der Waals surface area contributed by atoms with E-state index in [9.17, 15) is 9.59 Å². The first kappa shape index (κ1) is 14.0. The van der Waals surface area contributed by atoms with Crippen LogP contribution in [0.5, 0.6) is 0 Å². The highest BCUT2D eigenvalue weighted by Gasteiger charge is 2.17. The number of thiazole rings is 1. The van der Waals surface area contributed by atoms with Gasteiger partial charge in [-0.3, -0.25) is 9.59 Å². The number of nitrogens with zero attached hydrogens (tertiary/aromatic N) is 2. The van der Waals surface area contributed by atoms with Crippen LogP contribution < -0.4 is 5.32 Å². The van der Waals surface area contributed by atoms with E-state index < -0.39 is 0 Å². The third-order valence-electron chi connectivity index (χ3n) is 2.80. The van der Waals surface area contributed by atoms with Crippen molar-refractivity contribution in [1.29, 1.82) is 0 Å². The van der Waals surface area contributed by atoms with Crippen molar-refractivity contribution in [2.75, 3.05) is 31.6 Å². The number of anilines is 1. The molecule has 2 rings (SSSR count). The minimum atomic E-state index is -0.170. The summed E-state index contributed by atoms with van der Waals surface area (Å²) in [5, 5.41) is 5.15. The molecule has 2 amide bonds. The van der Waals surface area contributed by atoms with Crippen LogP contribution >= 0.6 is 11.3 Å². The smallest absolute Gasteiger partial charge is 0.226 e. The molecule has 19 heavy (non-hydrogen) atoms. The summed E-state index contributed by atoms with van der Waals surface area (Å²) >= 11 is 1.39. The zero-order chi connectivity index (χ0) is 13.7.